The van der Waals surface area contributed by atoms with Crippen molar-refractivity contribution in [3.05, 3.63) is 28.1 Å². The summed E-state index contributed by atoms with van der Waals surface area (Å²) in [5, 5.41) is 11.0. The van der Waals surface area contributed by atoms with Gasteiger partial charge in [-0.2, -0.15) is 0 Å². The Morgan fingerprint density at radius 1 is 1.15 bits per heavy atom. The topological polar surface area (TPSA) is 73.3 Å². The highest BCUT2D eigenvalue weighted by atomic mass is 32.1. The molecule has 2 aliphatic heterocycles. The average Bonchev–Trinajstić information content (AvgIpc) is 3.24. The molecule has 27 heavy (non-hydrogen) atoms. The summed E-state index contributed by atoms with van der Waals surface area (Å²) >= 11 is 1.47. The summed E-state index contributed by atoms with van der Waals surface area (Å²) in [5.41, 5.74) is 1.02. The Morgan fingerprint density at radius 3 is 2.48 bits per heavy atom. The number of rotatable bonds is 8. The number of piperazine rings is 1. The van der Waals surface area contributed by atoms with Gasteiger partial charge in [-0.15, -0.1) is 11.3 Å². The Morgan fingerprint density at radius 2 is 1.89 bits per heavy atom. The third kappa shape index (κ3) is 4.40. The predicted octanol–water partition coefficient (Wildman–Crippen LogP) is 0.863. The van der Waals surface area contributed by atoms with Crippen molar-refractivity contribution in [1.82, 2.24) is 14.7 Å². The highest BCUT2D eigenvalue weighted by Gasteiger charge is 2.42. The Bertz CT molecular complexity index is 694. The third-order valence-corrected chi connectivity index (χ3v) is 5.67. The van der Waals surface area contributed by atoms with E-state index < -0.39 is 0 Å². The summed E-state index contributed by atoms with van der Waals surface area (Å²) in [6, 6.07) is 3.79. The van der Waals surface area contributed by atoms with Gasteiger partial charge in [0.25, 0.3) is 11.8 Å². The van der Waals surface area contributed by atoms with E-state index in [9.17, 15) is 9.59 Å². The largest absolute Gasteiger partial charge is 0.395 e. The summed E-state index contributed by atoms with van der Waals surface area (Å²) in [5.74, 6) is -0.464. The van der Waals surface area contributed by atoms with Crippen molar-refractivity contribution >= 4 is 28.7 Å². The summed E-state index contributed by atoms with van der Waals surface area (Å²) in [6.45, 7) is 8.09. The van der Waals surface area contributed by atoms with Crippen LogP contribution < -0.4 is 0 Å². The highest BCUT2D eigenvalue weighted by Crippen LogP contribution is 2.34. The van der Waals surface area contributed by atoms with Gasteiger partial charge in [0.2, 0.25) is 0 Å². The molecule has 1 N–H and O–H groups in total. The second kappa shape index (κ2) is 8.97. The maximum absolute atomic E-state index is 13.1. The standard InChI is InChI=1S/C19H27N3O4S/c1-14(2)26-12-10-22-18(24)16(15-4-3-13-27-15)17(19(22)25)21-7-5-20(6-8-21)9-11-23/h3-4,13-14,23H,5-12H2,1-2H3. The summed E-state index contributed by atoms with van der Waals surface area (Å²) < 4.78 is 5.54. The van der Waals surface area contributed by atoms with E-state index in [-0.39, 0.29) is 31.1 Å². The Hall–Kier alpha value is -1.74. The molecule has 0 aromatic carbocycles. The smallest absolute Gasteiger partial charge is 0.277 e. The van der Waals surface area contributed by atoms with Crippen LogP contribution in [0.25, 0.3) is 5.57 Å². The fraction of sp³-hybridized carbons (Fsp3) is 0.579. The second-order valence-electron chi connectivity index (χ2n) is 6.93. The van der Waals surface area contributed by atoms with Crippen molar-refractivity contribution in [1.29, 1.82) is 0 Å². The average molecular weight is 394 g/mol. The number of ether oxygens (including phenoxy) is 1. The number of nitrogens with zero attached hydrogens (tertiary/aromatic N) is 3. The Kier molecular flexibility index (Phi) is 6.64. The second-order valence-corrected chi connectivity index (χ2v) is 7.88. The zero-order valence-electron chi connectivity index (χ0n) is 15.9. The number of hydrogen-bond donors (Lipinski definition) is 1. The normalized spacial score (nSPS) is 19.1. The lowest BCUT2D eigenvalue weighted by Gasteiger charge is -2.36. The van der Waals surface area contributed by atoms with E-state index >= 15 is 0 Å². The van der Waals surface area contributed by atoms with Gasteiger partial charge in [0, 0.05) is 37.6 Å². The zero-order valence-corrected chi connectivity index (χ0v) is 16.7. The summed E-state index contributed by atoms with van der Waals surface area (Å²) in [6.07, 6.45) is 0.0570. The maximum atomic E-state index is 13.1. The van der Waals surface area contributed by atoms with Crippen LogP contribution in [0.3, 0.4) is 0 Å². The number of carbonyl (C=O) groups excluding carboxylic acids is 2. The number of carbonyl (C=O) groups is 2. The van der Waals surface area contributed by atoms with E-state index in [4.69, 9.17) is 9.84 Å². The fourth-order valence-electron chi connectivity index (χ4n) is 3.42. The number of thiophene rings is 1. The molecule has 0 aliphatic carbocycles. The van der Waals surface area contributed by atoms with Gasteiger partial charge < -0.3 is 14.7 Å². The molecule has 3 heterocycles. The van der Waals surface area contributed by atoms with Gasteiger partial charge >= 0.3 is 0 Å². The van der Waals surface area contributed by atoms with Crippen molar-refractivity contribution in [3.8, 4) is 0 Å². The number of aliphatic hydroxyl groups is 1. The first-order chi connectivity index (χ1) is 13.0. The molecule has 0 bridgehead atoms. The lowest BCUT2D eigenvalue weighted by atomic mass is 10.1. The SMILES string of the molecule is CC(C)OCCN1C(=O)C(c2cccs2)=C(N2CCN(CCO)CC2)C1=O. The first-order valence-electron chi connectivity index (χ1n) is 9.37. The molecule has 0 atom stereocenters. The minimum absolute atomic E-state index is 0.0570. The van der Waals surface area contributed by atoms with E-state index in [2.05, 4.69) is 4.90 Å². The molecule has 8 heteroatoms. The van der Waals surface area contributed by atoms with Crippen LogP contribution in [0, 0.1) is 0 Å². The van der Waals surface area contributed by atoms with Gasteiger partial charge in [0.05, 0.1) is 31.4 Å². The lowest BCUT2D eigenvalue weighted by Crippen LogP contribution is -2.48. The fourth-order valence-corrected chi connectivity index (χ4v) is 4.18. The van der Waals surface area contributed by atoms with Crippen molar-refractivity contribution in [2.75, 3.05) is 52.5 Å². The van der Waals surface area contributed by atoms with E-state index in [1.165, 1.54) is 16.2 Å². The van der Waals surface area contributed by atoms with Crippen LogP contribution in [-0.4, -0.2) is 90.2 Å². The highest BCUT2D eigenvalue weighted by molar-refractivity contribution is 7.11. The molecule has 2 aliphatic rings. The molecule has 0 spiro atoms. The number of amides is 2. The number of hydrogen-bond acceptors (Lipinski definition) is 7. The molecule has 148 valence electrons. The minimum Gasteiger partial charge on any atom is -0.395 e. The number of imide groups is 1. The van der Waals surface area contributed by atoms with Crippen molar-refractivity contribution < 1.29 is 19.4 Å². The molecule has 1 saturated heterocycles. The van der Waals surface area contributed by atoms with Gasteiger partial charge in [0.15, 0.2) is 0 Å². The van der Waals surface area contributed by atoms with Crippen LogP contribution in [0.15, 0.2) is 23.2 Å². The molecule has 0 saturated carbocycles. The van der Waals surface area contributed by atoms with Crippen molar-refractivity contribution in [2.24, 2.45) is 0 Å². The van der Waals surface area contributed by atoms with Crippen LogP contribution in [0.2, 0.25) is 0 Å². The number of β-amino-alcohol motifs (C(OH)–C–C–N with tert-alkyl or cyclic N) is 1. The molecule has 7 nitrogen and oxygen atoms in total. The summed E-state index contributed by atoms with van der Waals surface area (Å²) in [4.78, 5) is 32.5. The van der Waals surface area contributed by atoms with Crippen LogP contribution in [0.1, 0.15) is 18.7 Å². The predicted molar refractivity (Wildman–Crippen MR) is 104 cm³/mol. The maximum Gasteiger partial charge on any atom is 0.277 e. The van der Waals surface area contributed by atoms with Gasteiger partial charge in [-0.1, -0.05) is 6.07 Å². The first kappa shape index (κ1) is 20.0. The van der Waals surface area contributed by atoms with E-state index in [1.54, 1.807) is 0 Å². The van der Waals surface area contributed by atoms with Gasteiger partial charge in [-0.05, 0) is 25.3 Å². The molecule has 2 amide bonds. The van der Waals surface area contributed by atoms with Crippen LogP contribution in [0.4, 0.5) is 0 Å². The molecule has 1 aromatic heterocycles. The zero-order chi connectivity index (χ0) is 19.4. The molecule has 0 unspecified atom stereocenters. The van der Waals surface area contributed by atoms with E-state index in [1.807, 2.05) is 36.3 Å². The van der Waals surface area contributed by atoms with Crippen LogP contribution >= 0.6 is 11.3 Å². The first-order valence-corrected chi connectivity index (χ1v) is 10.2. The van der Waals surface area contributed by atoms with Crippen LogP contribution in [0.5, 0.6) is 0 Å². The molecule has 1 aromatic rings. The van der Waals surface area contributed by atoms with Gasteiger partial charge in [-0.25, -0.2) is 0 Å². The molecule has 0 radical (unpaired) electrons. The molecular weight excluding hydrogens is 366 g/mol. The van der Waals surface area contributed by atoms with E-state index in [0.717, 1.165) is 18.0 Å². The molecule has 3 rings (SSSR count). The summed E-state index contributed by atoms with van der Waals surface area (Å²) in [7, 11) is 0. The minimum atomic E-state index is -0.234. The molecular formula is C19H27N3O4S. The van der Waals surface area contributed by atoms with Gasteiger partial charge in [0.1, 0.15) is 5.70 Å². The molecule has 1 fully saturated rings. The number of aliphatic hydroxyl groups excluding tert-OH is 1. The quantitative estimate of drug-likeness (QED) is 0.661. The van der Waals surface area contributed by atoms with Gasteiger partial charge in [-0.3, -0.25) is 19.4 Å². The Labute approximate surface area is 163 Å². The lowest BCUT2D eigenvalue weighted by molar-refractivity contribution is -0.138. The third-order valence-electron chi connectivity index (χ3n) is 4.78. The van der Waals surface area contributed by atoms with Crippen LogP contribution in [-0.2, 0) is 14.3 Å². The van der Waals surface area contributed by atoms with E-state index in [0.29, 0.717) is 37.5 Å². The van der Waals surface area contributed by atoms with Crippen molar-refractivity contribution in [3.63, 3.8) is 0 Å². The van der Waals surface area contributed by atoms with Crippen molar-refractivity contribution in [2.45, 2.75) is 20.0 Å². The Balaban J connectivity index is 1.81. The monoisotopic (exact) mass is 393 g/mol.